The van der Waals surface area contributed by atoms with Crippen LogP contribution in [0.3, 0.4) is 0 Å². The van der Waals surface area contributed by atoms with Crippen LogP contribution in [0.2, 0.25) is 0 Å². The molecule has 0 saturated carbocycles. The van der Waals surface area contributed by atoms with E-state index in [0.717, 1.165) is 5.69 Å². The molecule has 0 bridgehead atoms. The second-order valence-electron chi connectivity index (χ2n) is 6.14. The molecule has 1 heterocycles. The number of pyridine rings is 1. The van der Waals surface area contributed by atoms with Crippen molar-refractivity contribution < 1.29 is 9.53 Å². The summed E-state index contributed by atoms with van der Waals surface area (Å²) in [5, 5.41) is 0. The number of likely N-dealkylation sites (N-methyl/N-ethyl adjacent to an activating group) is 1. The van der Waals surface area contributed by atoms with Gasteiger partial charge in [-0.3, -0.25) is 4.79 Å². The van der Waals surface area contributed by atoms with Gasteiger partial charge in [-0.25, -0.2) is 4.98 Å². The van der Waals surface area contributed by atoms with Crippen molar-refractivity contribution in [2.45, 2.75) is 39.2 Å². The van der Waals surface area contributed by atoms with Crippen LogP contribution in [0.25, 0.3) is 0 Å². The van der Waals surface area contributed by atoms with Gasteiger partial charge in [0.1, 0.15) is 5.82 Å². The third-order valence-corrected chi connectivity index (χ3v) is 3.25. The van der Waals surface area contributed by atoms with Gasteiger partial charge in [-0.2, -0.15) is 0 Å². The molecule has 0 aliphatic heterocycles. The van der Waals surface area contributed by atoms with E-state index in [-0.39, 0.29) is 17.4 Å². The molecular formula is C15H25N3O2. The number of ether oxygens (including phenoxy) is 1. The lowest BCUT2D eigenvalue weighted by Gasteiger charge is -2.25. The van der Waals surface area contributed by atoms with Gasteiger partial charge in [0.05, 0.1) is 12.6 Å². The van der Waals surface area contributed by atoms with Gasteiger partial charge < -0.3 is 15.4 Å². The fourth-order valence-corrected chi connectivity index (χ4v) is 1.82. The summed E-state index contributed by atoms with van der Waals surface area (Å²) < 4.78 is 5.08. The molecule has 1 aromatic rings. The molecule has 1 atom stereocenters. The van der Waals surface area contributed by atoms with Crippen molar-refractivity contribution in [3.8, 4) is 0 Å². The predicted octanol–water partition coefficient (Wildman–Crippen LogP) is 2.07. The van der Waals surface area contributed by atoms with E-state index in [1.54, 1.807) is 25.1 Å². The van der Waals surface area contributed by atoms with Crippen molar-refractivity contribution in [2.75, 3.05) is 26.5 Å². The number of carbonyl (C=O) groups is 1. The van der Waals surface area contributed by atoms with Crippen LogP contribution >= 0.6 is 0 Å². The third-order valence-electron chi connectivity index (χ3n) is 3.25. The Hall–Kier alpha value is -1.62. The van der Waals surface area contributed by atoms with Crippen molar-refractivity contribution in [1.29, 1.82) is 0 Å². The fourth-order valence-electron chi connectivity index (χ4n) is 1.82. The topological polar surface area (TPSA) is 68.5 Å². The molecule has 1 unspecified atom stereocenters. The Morgan fingerprint density at radius 3 is 2.55 bits per heavy atom. The van der Waals surface area contributed by atoms with Gasteiger partial charge in [-0.15, -0.1) is 0 Å². The van der Waals surface area contributed by atoms with E-state index in [9.17, 15) is 4.79 Å². The molecule has 1 amide bonds. The Balaban J connectivity index is 3.07. The monoisotopic (exact) mass is 279 g/mol. The van der Waals surface area contributed by atoms with E-state index >= 15 is 0 Å². The maximum Gasteiger partial charge on any atom is 0.254 e. The second kappa shape index (κ2) is 6.22. The molecule has 1 aromatic heterocycles. The van der Waals surface area contributed by atoms with Crippen LogP contribution in [-0.4, -0.2) is 42.6 Å². The number of methoxy groups -OCH3 is 1. The van der Waals surface area contributed by atoms with E-state index in [1.807, 2.05) is 33.8 Å². The largest absolute Gasteiger partial charge is 0.384 e. The first-order chi connectivity index (χ1) is 9.16. The van der Waals surface area contributed by atoms with E-state index in [4.69, 9.17) is 10.5 Å². The minimum Gasteiger partial charge on any atom is -0.384 e. The smallest absolute Gasteiger partial charge is 0.254 e. The second-order valence-corrected chi connectivity index (χ2v) is 6.14. The lowest BCUT2D eigenvalue weighted by Crippen LogP contribution is -2.38. The van der Waals surface area contributed by atoms with Gasteiger partial charge in [0.2, 0.25) is 0 Å². The Kier molecular flexibility index (Phi) is 5.11. The first kappa shape index (κ1) is 16.4. The van der Waals surface area contributed by atoms with Crippen LogP contribution in [0.1, 0.15) is 43.7 Å². The molecule has 0 saturated heterocycles. The fraction of sp³-hybridized carbons (Fsp3) is 0.600. The summed E-state index contributed by atoms with van der Waals surface area (Å²) in [5.74, 6) is 0.294. The average molecular weight is 279 g/mol. The molecule has 0 aliphatic carbocycles. The summed E-state index contributed by atoms with van der Waals surface area (Å²) in [6.45, 7) is 8.56. The van der Waals surface area contributed by atoms with Crippen molar-refractivity contribution >= 4 is 11.7 Å². The highest BCUT2D eigenvalue weighted by Gasteiger charge is 2.22. The highest BCUT2D eigenvalue weighted by Crippen LogP contribution is 2.23. The molecule has 2 N–H and O–H groups in total. The molecule has 1 rings (SSSR count). The van der Waals surface area contributed by atoms with Crippen LogP contribution in [0, 0.1) is 0 Å². The highest BCUT2D eigenvalue weighted by molar-refractivity contribution is 5.95. The van der Waals surface area contributed by atoms with Crippen molar-refractivity contribution in [1.82, 2.24) is 9.88 Å². The third kappa shape index (κ3) is 3.93. The van der Waals surface area contributed by atoms with Crippen molar-refractivity contribution in [3.63, 3.8) is 0 Å². The number of aromatic nitrogens is 1. The maximum atomic E-state index is 12.5. The molecule has 0 radical (unpaired) electrons. The summed E-state index contributed by atoms with van der Waals surface area (Å²) in [7, 11) is 3.39. The number of anilines is 1. The SMILES string of the molecule is COCC(C)N(C)C(=O)c1cc(N)nc(C(C)(C)C)c1. The molecule has 5 nitrogen and oxygen atoms in total. The van der Waals surface area contributed by atoms with E-state index in [1.165, 1.54) is 0 Å². The van der Waals surface area contributed by atoms with Gasteiger partial charge in [0.15, 0.2) is 0 Å². The molecule has 0 spiro atoms. The van der Waals surface area contributed by atoms with Crippen LogP contribution in [0.5, 0.6) is 0 Å². The molecule has 5 heteroatoms. The Bertz CT molecular complexity index is 480. The standard InChI is InChI=1S/C15H25N3O2/c1-10(9-20-6)18(5)14(19)11-7-12(15(2,3)4)17-13(16)8-11/h7-8,10H,9H2,1-6H3,(H2,16,17). The molecule has 112 valence electrons. The number of hydrogen-bond acceptors (Lipinski definition) is 4. The summed E-state index contributed by atoms with van der Waals surface area (Å²) in [6, 6.07) is 3.43. The number of rotatable bonds is 4. The minimum atomic E-state index is -0.152. The summed E-state index contributed by atoms with van der Waals surface area (Å²) in [4.78, 5) is 18.4. The first-order valence-corrected chi connectivity index (χ1v) is 6.71. The van der Waals surface area contributed by atoms with Crippen molar-refractivity contribution in [3.05, 3.63) is 23.4 Å². The number of nitrogens with zero attached hydrogens (tertiary/aromatic N) is 2. The molecule has 20 heavy (non-hydrogen) atoms. The lowest BCUT2D eigenvalue weighted by molar-refractivity contribution is 0.0633. The minimum absolute atomic E-state index is 0.0000217. The van der Waals surface area contributed by atoms with Crippen molar-refractivity contribution in [2.24, 2.45) is 0 Å². The summed E-state index contributed by atoms with van der Waals surface area (Å²) in [6.07, 6.45) is 0. The zero-order valence-electron chi connectivity index (χ0n) is 13.2. The molecule has 0 aliphatic rings. The van der Waals surface area contributed by atoms with Crippen LogP contribution in [0.15, 0.2) is 12.1 Å². The van der Waals surface area contributed by atoms with E-state index in [0.29, 0.717) is 18.0 Å². The number of nitrogens with two attached hydrogens (primary N) is 1. The maximum absolute atomic E-state index is 12.5. The molecular weight excluding hydrogens is 254 g/mol. The molecule has 0 fully saturated rings. The zero-order valence-corrected chi connectivity index (χ0v) is 13.2. The van der Waals surface area contributed by atoms with Gasteiger partial charge >= 0.3 is 0 Å². The average Bonchev–Trinajstić information content (AvgIpc) is 2.35. The number of hydrogen-bond donors (Lipinski definition) is 1. The summed E-state index contributed by atoms with van der Waals surface area (Å²) >= 11 is 0. The Morgan fingerprint density at radius 2 is 2.05 bits per heavy atom. The van der Waals surface area contributed by atoms with Gasteiger partial charge in [0.25, 0.3) is 5.91 Å². The van der Waals surface area contributed by atoms with Crippen LogP contribution in [-0.2, 0) is 10.2 Å². The Labute approximate surface area is 121 Å². The molecule has 0 aromatic carbocycles. The quantitative estimate of drug-likeness (QED) is 0.916. The van der Waals surface area contributed by atoms with E-state index in [2.05, 4.69) is 4.98 Å². The lowest BCUT2D eigenvalue weighted by atomic mass is 9.90. The van der Waals surface area contributed by atoms with Crippen LogP contribution in [0.4, 0.5) is 5.82 Å². The summed E-state index contributed by atoms with van der Waals surface area (Å²) in [5.41, 5.74) is 7.05. The number of nitrogen functional groups attached to an aromatic ring is 1. The van der Waals surface area contributed by atoms with Gasteiger partial charge in [-0.1, -0.05) is 20.8 Å². The van der Waals surface area contributed by atoms with Gasteiger partial charge in [0, 0.05) is 30.8 Å². The van der Waals surface area contributed by atoms with Crippen LogP contribution < -0.4 is 5.73 Å². The zero-order chi connectivity index (χ0) is 15.5. The first-order valence-electron chi connectivity index (χ1n) is 6.71. The Morgan fingerprint density at radius 1 is 1.45 bits per heavy atom. The number of carbonyl (C=O) groups excluding carboxylic acids is 1. The van der Waals surface area contributed by atoms with E-state index < -0.39 is 0 Å². The normalized spacial score (nSPS) is 13.1. The highest BCUT2D eigenvalue weighted by atomic mass is 16.5. The van der Waals surface area contributed by atoms with Gasteiger partial charge in [-0.05, 0) is 19.1 Å². The number of amides is 1. The predicted molar refractivity (Wildman–Crippen MR) is 80.8 cm³/mol.